The zero-order chi connectivity index (χ0) is 15.8. The van der Waals surface area contributed by atoms with Crippen LogP contribution < -0.4 is 10.1 Å². The van der Waals surface area contributed by atoms with E-state index in [9.17, 15) is 9.59 Å². The first kappa shape index (κ1) is 15.7. The predicted octanol–water partition coefficient (Wildman–Crippen LogP) is 1.46. The number of benzene rings is 1. The summed E-state index contributed by atoms with van der Waals surface area (Å²) in [5.74, 6) is -0.509. The lowest BCUT2D eigenvalue weighted by molar-refractivity contribution is -0.148. The van der Waals surface area contributed by atoms with Crippen LogP contribution >= 0.6 is 0 Å². The van der Waals surface area contributed by atoms with Crippen molar-refractivity contribution in [2.75, 3.05) is 31.7 Å². The summed E-state index contributed by atoms with van der Waals surface area (Å²) in [6.45, 7) is 2.71. The summed E-state index contributed by atoms with van der Waals surface area (Å²) >= 11 is 0. The van der Waals surface area contributed by atoms with Crippen LogP contribution in [0, 0.1) is 0 Å². The number of hydrogen-bond acceptors (Lipinski definition) is 6. The fraction of sp³-hybridized carbons (Fsp3) is 0.333. The lowest BCUT2D eigenvalue weighted by Crippen LogP contribution is -2.23. The number of esters is 1. The van der Waals surface area contributed by atoms with Gasteiger partial charge in [0.1, 0.15) is 25.2 Å². The molecule has 1 N–H and O–H groups in total. The Morgan fingerprint density at radius 3 is 2.64 bits per heavy atom. The summed E-state index contributed by atoms with van der Waals surface area (Å²) in [6, 6.07) is 6.88. The van der Waals surface area contributed by atoms with Crippen molar-refractivity contribution >= 4 is 17.6 Å². The third-order valence-corrected chi connectivity index (χ3v) is 2.63. The lowest BCUT2D eigenvalue weighted by Gasteiger charge is -2.14. The molecule has 7 nitrogen and oxygen atoms in total. The van der Waals surface area contributed by atoms with Gasteiger partial charge in [0.25, 0.3) is 5.91 Å². The summed E-state index contributed by atoms with van der Waals surface area (Å²) < 4.78 is 20.1. The van der Waals surface area contributed by atoms with Gasteiger partial charge in [-0.1, -0.05) is 0 Å². The molecule has 1 heterocycles. The Bertz CT molecular complexity index is 552. The van der Waals surface area contributed by atoms with E-state index in [0.717, 1.165) is 0 Å². The minimum atomic E-state index is -0.735. The van der Waals surface area contributed by atoms with Crippen molar-refractivity contribution in [3.05, 3.63) is 36.3 Å². The van der Waals surface area contributed by atoms with Crippen molar-refractivity contribution in [3.63, 3.8) is 0 Å². The van der Waals surface area contributed by atoms with Gasteiger partial charge in [-0.3, -0.25) is 4.79 Å². The molecule has 2 rings (SSSR count). The highest BCUT2D eigenvalue weighted by atomic mass is 16.6. The van der Waals surface area contributed by atoms with Crippen molar-refractivity contribution in [1.82, 2.24) is 0 Å². The Kier molecular flexibility index (Phi) is 5.65. The van der Waals surface area contributed by atoms with Gasteiger partial charge in [-0.15, -0.1) is 0 Å². The summed E-state index contributed by atoms with van der Waals surface area (Å²) in [7, 11) is 0. The molecule has 0 radical (unpaired) electrons. The Balaban J connectivity index is 1.77. The standard InChI is InChI=1S/C15H17NO6/c1-2-20-12-5-3-11(4-6-12)16-14(17)10-22-15(18)13-9-19-7-8-21-13/h3-6,9H,2,7-8,10H2,1H3,(H,16,17). The van der Waals surface area contributed by atoms with Crippen LogP contribution in [0.1, 0.15) is 6.92 Å². The molecule has 0 fully saturated rings. The number of ether oxygens (including phenoxy) is 4. The number of nitrogens with one attached hydrogen (secondary N) is 1. The smallest absolute Gasteiger partial charge is 0.377 e. The number of rotatable bonds is 6. The molecule has 1 aromatic carbocycles. The fourth-order valence-electron chi connectivity index (χ4n) is 1.68. The van der Waals surface area contributed by atoms with E-state index >= 15 is 0 Å². The normalized spacial score (nSPS) is 13.2. The van der Waals surface area contributed by atoms with Gasteiger partial charge in [0, 0.05) is 5.69 Å². The number of carbonyl (C=O) groups excluding carboxylic acids is 2. The van der Waals surface area contributed by atoms with Crippen molar-refractivity contribution in [2.24, 2.45) is 0 Å². The van der Waals surface area contributed by atoms with Gasteiger partial charge in [0.05, 0.1) is 6.61 Å². The second-order valence-corrected chi connectivity index (χ2v) is 4.28. The third-order valence-electron chi connectivity index (χ3n) is 2.63. The van der Waals surface area contributed by atoms with Crippen LogP contribution in [0.3, 0.4) is 0 Å². The van der Waals surface area contributed by atoms with E-state index in [0.29, 0.717) is 24.7 Å². The second kappa shape index (κ2) is 7.92. The van der Waals surface area contributed by atoms with Crippen molar-refractivity contribution < 1.29 is 28.5 Å². The van der Waals surface area contributed by atoms with Gasteiger partial charge in [-0.05, 0) is 31.2 Å². The number of anilines is 1. The highest BCUT2D eigenvalue weighted by molar-refractivity contribution is 5.94. The first-order valence-corrected chi connectivity index (χ1v) is 6.83. The van der Waals surface area contributed by atoms with Gasteiger partial charge in [0.15, 0.2) is 6.61 Å². The van der Waals surface area contributed by atoms with Gasteiger partial charge in [0.2, 0.25) is 5.76 Å². The van der Waals surface area contributed by atoms with E-state index < -0.39 is 18.5 Å². The van der Waals surface area contributed by atoms with Gasteiger partial charge >= 0.3 is 5.97 Å². The molecule has 1 aromatic rings. The van der Waals surface area contributed by atoms with Gasteiger partial charge in [-0.25, -0.2) is 4.79 Å². The average Bonchev–Trinajstić information content (AvgIpc) is 2.55. The van der Waals surface area contributed by atoms with E-state index in [-0.39, 0.29) is 12.4 Å². The maximum Gasteiger partial charge on any atom is 0.377 e. The maximum atomic E-state index is 11.7. The zero-order valence-electron chi connectivity index (χ0n) is 12.2. The molecule has 0 aliphatic carbocycles. The Labute approximate surface area is 127 Å². The molecule has 0 saturated heterocycles. The molecule has 1 amide bonds. The summed E-state index contributed by atoms with van der Waals surface area (Å²) in [5.41, 5.74) is 0.584. The summed E-state index contributed by atoms with van der Waals surface area (Å²) in [5, 5.41) is 2.61. The van der Waals surface area contributed by atoms with Crippen LogP contribution in [0.5, 0.6) is 5.75 Å². The monoisotopic (exact) mass is 307 g/mol. The Morgan fingerprint density at radius 1 is 1.23 bits per heavy atom. The molecule has 0 atom stereocenters. The predicted molar refractivity (Wildman–Crippen MR) is 77.2 cm³/mol. The molecule has 0 saturated carbocycles. The van der Waals surface area contributed by atoms with Gasteiger partial charge in [-0.2, -0.15) is 0 Å². The van der Waals surface area contributed by atoms with E-state index in [2.05, 4.69) is 5.32 Å². The average molecular weight is 307 g/mol. The molecule has 22 heavy (non-hydrogen) atoms. The summed E-state index contributed by atoms with van der Waals surface area (Å²) in [6.07, 6.45) is 1.18. The minimum Gasteiger partial charge on any atom is -0.494 e. The number of amides is 1. The molecular weight excluding hydrogens is 290 g/mol. The highest BCUT2D eigenvalue weighted by Crippen LogP contribution is 2.15. The van der Waals surface area contributed by atoms with E-state index in [1.807, 2.05) is 6.92 Å². The minimum absolute atomic E-state index is 0.0416. The largest absolute Gasteiger partial charge is 0.494 e. The van der Waals surface area contributed by atoms with Crippen LogP contribution in [0.2, 0.25) is 0 Å². The first-order valence-electron chi connectivity index (χ1n) is 6.83. The highest BCUT2D eigenvalue weighted by Gasteiger charge is 2.17. The first-order chi connectivity index (χ1) is 10.7. The molecule has 1 aliphatic heterocycles. The van der Waals surface area contributed by atoms with E-state index in [1.54, 1.807) is 24.3 Å². The van der Waals surface area contributed by atoms with Crippen molar-refractivity contribution in [3.8, 4) is 5.75 Å². The Hall–Kier alpha value is -2.70. The second-order valence-electron chi connectivity index (χ2n) is 4.28. The van der Waals surface area contributed by atoms with Crippen molar-refractivity contribution in [2.45, 2.75) is 6.92 Å². The van der Waals surface area contributed by atoms with E-state index in [4.69, 9.17) is 18.9 Å². The van der Waals surface area contributed by atoms with Gasteiger partial charge < -0.3 is 24.3 Å². The zero-order valence-corrected chi connectivity index (χ0v) is 12.2. The number of carbonyl (C=O) groups is 2. The summed E-state index contributed by atoms with van der Waals surface area (Å²) in [4.78, 5) is 23.3. The quantitative estimate of drug-likeness (QED) is 0.801. The third kappa shape index (κ3) is 4.69. The molecule has 1 aliphatic rings. The van der Waals surface area contributed by atoms with E-state index in [1.165, 1.54) is 6.26 Å². The topological polar surface area (TPSA) is 83.1 Å². The maximum absolute atomic E-state index is 11.7. The van der Waals surface area contributed by atoms with Crippen LogP contribution in [-0.4, -0.2) is 38.3 Å². The fourth-order valence-corrected chi connectivity index (χ4v) is 1.68. The van der Waals surface area contributed by atoms with Crippen LogP contribution in [0.25, 0.3) is 0 Å². The Morgan fingerprint density at radius 2 is 2.00 bits per heavy atom. The van der Waals surface area contributed by atoms with Crippen LogP contribution in [-0.2, 0) is 23.8 Å². The molecule has 0 unspecified atom stereocenters. The molecule has 118 valence electrons. The van der Waals surface area contributed by atoms with Crippen LogP contribution in [0.4, 0.5) is 5.69 Å². The lowest BCUT2D eigenvalue weighted by atomic mass is 10.3. The molecular formula is C15H17NO6. The molecule has 0 bridgehead atoms. The SMILES string of the molecule is CCOc1ccc(NC(=O)COC(=O)C2=COCCO2)cc1. The number of hydrogen-bond donors (Lipinski definition) is 1. The molecule has 0 spiro atoms. The molecule has 0 aromatic heterocycles. The molecule has 7 heteroatoms. The van der Waals surface area contributed by atoms with Crippen molar-refractivity contribution in [1.29, 1.82) is 0 Å². The van der Waals surface area contributed by atoms with Crippen LogP contribution in [0.15, 0.2) is 36.3 Å².